The Morgan fingerprint density at radius 1 is 1.64 bits per heavy atom. The summed E-state index contributed by atoms with van der Waals surface area (Å²) in [4.78, 5) is 1.59. The van der Waals surface area contributed by atoms with Crippen LogP contribution in [0.3, 0.4) is 0 Å². The SMILES string of the molecule is Cn1ncc(C2CCCC(CI)O2)n1. The zero-order valence-electron chi connectivity index (χ0n) is 8.19. The molecule has 1 aromatic heterocycles. The average Bonchev–Trinajstić information content (AvgIpc) is 2.65. The Hall–Kier alpha value is -0.170. The maximum absolute atomic E-state index is 5.91. The van der Waals surface area contributed by atoms with Gasteiger partial charge in [0.1, 0.15) is 11.8 Å². The van der Waals surface area contributed by atoms with Gasteiger partial charge in [-0.05, 0) is 19.3 Å². The molecule has 2 rings (SSSR count). The molecule has 1 fully saturated rings. The van der Waals surface area contributed by atoms with Gasteiger partial charge in [-0.2, -0.15) is 15.0 Å². The van der Waals surface area contributed by atoms with Crippen molar-refractivity contribution in [2.24, 2.45) is 7.05 Å². The molecule has 1 saturated heterocycles. The number of halogens is 1. The van der Waals surface area contributed by atoms with Crippen LogP contribution in [0.1, 0.15) is 31.1 Å². The molecule has 0 aromatic carbocycles. The lowest BCUT2D eigenvalue weighted by atomic mass is 10.0. The first-order valence-corrected chi connectivity index (χ1v) is 6.40. The molecule has 2 heterocycles. The molecule has 0 amide bonds. The van der Waals surface area contributed by atoms with Crippen molar-refractivity contribution in [3.05, 3.63) is 11.9 Å². The predicted molar refractivity (Wildman–Crippen MR) is 61.4 cm³/mol. The van der Waals surface area contributed by atoms with E-state index in [4.69, 9.17) is 4.74 Å². The predicted octanol–water partition coefficient (Wildman–Crippen LogP) is 1.86. The fourth-order valence-electron chi connectivity index (χ4n) is 1.74. The van der Waals surface area contributed by atoms with E-state index in [-0.39, 0.29) is 6.10 Å². The molecule has 0 bridgehead atoms. The molecule has 0 aliphatic carbocycles. The van der Waals surface area contributed by atoms with Crippen LogP contribution in [0.2, 0.25) is 0 Å². The monoisotopic (exact) mass is 307 g/mol. The highest BCUT2D eigenvalue weighted by Gasteiger charge is 2.24. The van der Waals surface area contributed by atoms with Crippen molar-refractivity contribution in [1.82, 2.24) is 15.0 Å². The molecule has 78 valence electrons. The van der Waals surface area contributed by atoms with Crippen LogP contribution in [0.5, 0.6) is 0 Å². The van der Waals surface area contributed by atoms with Gasteiger partial charge in [0.05, 0.1) is 12.3 Å². The van der Waals surface area contributed by atoms with E-state index in [2.05, 4.69) is 32.8 Å². The number of rotatable bonds is 2. The molecule has 2 unspecified atom stereocenters. The third kappa shape index (κ3) is 2.25. The summed E-state index contributed by atoms with van der Waals surface area (Å²) >= 11 is 2.38. The molecule has 1 aromatic rings. The average molecular weight is 307 g/mol. The lowest BCUT2D eigenvalue weighted by molar-refractivity contribution is -0.0399. The molecule has 0 spiro atoms. The lowest BCUT2D eigenvalue weighted by Gasteiger charge is -2.27. The first-order chi connectivity index (χ1) is 6.79. The second-order valence-corrected chi connectivity index (χ2v) is 4.47. The van der Waals surface area contributed by atoms with E-state index in [1.54, 1.807) is 11.0 Å². The number of ether oxygens (including phenoxy) is 1. The highest BCUT2D eigenvalue weighted by Crippen LogP contribution is 2.30. The third-order valence-corrected chi connectivity index (χ3v) is 3.45. The summed E-state index contributed by atoms with van der Waals surface area (Å²) in [5, 5.41) is 8.35. The van der Waals surface area contributed by atoms with Crippen LogP contribution in [-0.4, -0.2) is 25.5 Å². The van der Waals surface area contributed by atoms with E-state index < -0.39 is 0 Å². The summed E-state index contributed by atoms with van der Waals surface area (Å²) in [6.45, 7) is 0. The Labute approximate surface area is 97.2 Å². The maximum atomic E-state index is 5.91. The fraction of sp³-hybridized carbons (Fsp3) is 0.778. The van der Waals surface area contributed by atoms with Gasteiger partial charge in [-0.1, -0.05) is 22.6 Å². The summed E-state index contributed by atoms with van der Waals surface area (Å²) in [5.41, 5.74) is 0.974. The highest BCUT2D eigenvalue weighted by atomic mass is 127. The standard InChI is InChI=1S/C9H14IN3O/c1-13-11-6-8(12-13)9-4-2-3-7(5-10)14-9/h6-7,9H,2-5H2,1H3. The normalized spacial score (nSPS) is 27.9. The van der Waals surface area contributed by atoms with E-state index in [1.807, 2.05) is 7.05 Å². The minimum atomic E-state index is 0.164. The van der Waals surface area contributed by atoms with Gasteiger partial charge in [0.25, 0.3) is 0 Å². The van der Waals surface area contributed by atoms with Crippen LogP contribution in [0.25, 0.3) is 0 Å². The Morgan fingerprint density at radius 3 is 3.14 bits per heavy atom. The van der Waals surface area contributed by atoms with Crippen molar-refractivity contribution in [2.75, 3.05) is 4.43 Å². The van der Waals surface area contributed by atoms with Crippen LogP contribution < -0.4 is 0 Å². The molecule has 0 N–H and O–H groups in total. The van der Waals surface area contributed by atoms with Gasteiger partial charge in [-0.3, -0.25) is 0 Å². The quantitative estimate of drug-likeness (QED) is 0.618. The van der Waals surface area contributed by atoms with Gasteiger partial charge in [0.15, 0.2) is 0 Å². The van der Waals surface area contributed by atoms with E-state index in [0.29, 0.717) is 6.10 Å². The third-order valence-electron chi connectivity index (χ3n) is 2.47. The first-order valence-electron chi connectivity index (χ1n) is 4.87. The molecule has 2 atom stereocenters. The summed E-state index contributed by atoms with van der Waals surface area (Å²) in [6.07, 6.45) is 5.86. The Kier molecular flexibility index (Phi) is 3.38. The molecule has 1 aliphatic heterocycles. The topological polar surface area (TPSA) is 39.9 Å². The number of nitrogens with zero attached hydrogens (tertiary/aromatic N) is 3. The molecule has 5 heteroatoms. The molecular weight excluding hydrogens is 293 g/mol. The summed E-state index contributed by atoms with van der Waals surface area (Å²) in [5.74, 6) is 0. The van der Waals surface area contributed by atoms with E-state index in [9.17, 15) is 0 Å². The number of alkyl halides is 1. The zero-order chi connectivity index (χ0) is 9.97. The minimum absolute atomic E-state index is 0.164. The molecule has 4 nitrogen and oxygen atoms in total. The second-order valence-electron chi connectivity index (χ2n) is 3.59. The number of hydrogen-bond acceptors (Lipinski definition) is 3. The largest absolute Gasteiger partial charge is 0.368 e. The van der Waals surface area contributed by atoms with Crippen molar-refractivity contribution in [3.8, 4) is 0 Å². The molecule has 1 aliphatic rings. The van der Waals surface area contributed by atoms with Gasteiger partial charge < -0.3 is 4.74 Å². The number of hydrogen-bond donors (Lipinski definition) is 0. The van der Waals surface area contributed by atoms with Crippen LogP contribution >= 0.6 is 22.6 Å². The van der Waals surface area contributed by atoms with Crippen LogP contribution in [0.4, 0.5) is 0 Å². The van der Waals surface area contributed by atoms with Gasteiger partial charge in [-0.15, -0.1) is 0 Å². The van der Waals surface area contributed by atoms with Gasteiger partial charge >= 0.3 is 0 Å². The Bertz CT molecular complexity index is 302. The van der Waals surface area contributed by atoms with Crippen molar-refractivity contribution in [3.63, 3.8) is 0 Å². The second kappa shape index (κ2) is 4.57. The summed E-state index contributed by atoms with van der Waals surface area (Å²) in [7, 11) is 1.84. The lowest BCUT2D eigenvalue weighted by Crippen LogP contribution is -2.23. The first kappa shape index (κ1) is 10.4. The van der Waals surface area contributed by atoms with E-state index >= 15 is 0 Å². The van der Waals surface area contributed by atoms with Crippen molar-refractivity contribution >= 4 is 22.6 Å². The van der Waals surface area contributed by atoms with Crippen molar-refractivity contribution in [1.29, 1.82) is 0 Å². The molecule has 0 radical (unpaired) electrons. The zero-order valence-corrected chi connectivity index (χ0v) is 10.3. The summed E-state index contributed by atoms with van der Waals surface area (Å²) < 4.78 is 6.98. The number of aromatic nitrogens is 3. The van der Waals surface area contributed by atoms with Crippen LogP contribution in [0.15, 0.2) is 6.20 Å². The molecule has 14 heavy (non-hydrogen) atoms. The van der Waals surface area contributed by atoms with Gasteiger partial charge in [0, 0.05) is 11.5 Å². The van der Waals surface area contributed by atoms with Crippen LogP contribution in [0, 0.1) is 0 Å². The smallest absolute Gasteiger partial charge is 0.111 e. The van der Waals surface area contributed by atoms with Crippen molar-refractivity contribution in [2.45, 2.75) is 31.5 Å². The minimum Gasteiger partial charge on any atom is -0.368 e. The molecular formula is C9H14IN3O. The fourth-order valence-corrected chi connectivity index (χ4v) is 2.39. The van der Waals surface area contributed by atoms with Crippen LogP contribution in [-0.2, 0) is 11.8 Å². The van der Waals surface area contributed by atoms with Gasteiger partial charge in [-0.25, -0.2) is 0 Å². The maximum Gasteiger partial charge on any atom is 0.111 e. The Morgan fingerprint density at radius 2 is 2.50 bits per heavy atom. The highest BCUT2D eigenvalue weighted by molar-refractivity contribution is 14.1. The number of aryl methyl sites for hydroxylation is 1. The van der Waals surface area contributed by atoms with Gasteiger partial charge in [0.2, 0.25) is 0 Å². The summed E-state index contributed by atoms with van der Waals surface area (Å²) in [6, 6.07) is 0. The van der Waals surface area contributed by atoms with Crippen molar-refractivity contribution < 1.29 is 4.74 Å². The molecule has 0 saturated carbocycles. The van der Waals surface area contributed by atoms with E-state index in [0.717, 1.165) is 16.5 Å². The Balaban J connectivity index is 2.04. The van der Waals surface area contributed by atoms with E-state index in [1.165, 1.54) is 12.8 Å².